The van der Waals surface area contributed by atoms with Crippen molar-refractivity contribution < 1.29 is 9.18 Å². The number of halogens is 2. The molecular formula is C10H7BrFNO. The highest BCUT2D eigenvalue weighted by Gasteiger charge is 2.03. The quantitative estimate of drug-likeness (QED) is 0.803. The van der Waals surface area contributed by atoms with E-state index in [4.69, 9.17) is 6.42 Å². The number of rotatable bonds is 2. The SMILES string of the molecule is C#CC(=O)NCc1cc(Br)ccc1F. The number of carbonyl (C=O) groups is 1. The Balaban J connectivity index is 2.72. The monoisotopic (exact) mass is 255 g/mol. The lowest BCUT2D eigenvalue weighted by Crippen LogP contribution is -2.21. The first-order valence-electron chi connectivity index (χ1n) is 3.82. The minimum atomic E-state index is -0.552. The van der Waals surface area contributed by atoms with Crippen molar-refractivity contribution in [1.82, 2.24) is 5.32 Å². The second kappa shape index (κ2) is 4.77. The second-order valence-electron chi connectivity index (χ2n) is 2.56. The molecule has 0 saturated carbocycles. The molecule has 0 atom stereocenters. The summed E-state index contributed by atoms with van der Waals surface area (Å²) in [7, 11) is 0. The maximum absolute atomic E-state index is 13.1. The van der Waals surface area contributed by atoms with Crippen LogP contribution >= 0.6 is 15.9 Å². The minimum absolute atomic E-state index is 0.0916. The third kappa shape index (κ3) is 2.86. The first kappa shape index (κ1) is 10.7. The molecule has 0 aliphatic rings. The van der Waals surface area contributed by atoms with Crippen molar-refractivity contribution in [2.75, 3.05) is 0 Å². The van der Waals surface area contributed by atoms with Crippen LogP contribution in [0.1, 0.15) is 5.56 Å². The van der Waals surface area contributed by atoms with E-state index in [0.717, 1.165) is 4.47 Å². The fourth-order valence-electron chi connectivity index (χ4n) is 0.905. The number of nitrogens with one attached hydrogen (secondary N) is 1. The van der Waals surface area contributed by atoms with Crippen molar-refractivity contribution in [2.45, 2.75) is 6.54 Å². The van der Waals surface area contributed by atoms with Crippen molar-refractivity contribution in [2.24, 2.45) is 0 Å². The molecule has 0 aliphatic heterocycles. The minimum Gasteiger partial charge on any atom is -0.341 e. The van der Waals surface area contributed by atoms with Crippen molar-refractivity contribution in [3.05, 3.63) is 34.1 Å². The summed E-state index contributed by atoms with van der Waals surface area (Å²) in [6.07, 6.45) is 4.84. The molecule has 0 radical (unpaired) electrons. The predicted molar refractivity (Wildman–Crippen MR) is 54.8 cm³/mol. The fraction of sp³-hybridized carbons (Fsp3) is 0.100. The number of hydrogen-bond donors (Lipinski definition) is 1. The van der Waals surface area contributed by atoms with Gasteiger partial charge in [0.1, 0.15) is 5.82 Å². The Bertz CT molecular complexity index is 398. The van der Waals surface area contributed by atoms with Gasteiger partial charge in [-0.1, -0.05) is 15.9 Å². The van der Waals surface area contributed by atoms with E-state index in [-0.39, 0.29) is 12.4 Å². The number of terminal acetylenes is 1. The van der Waals surface area contributed by atoms with E-state index in [1.54, 1.807) is 12.1 Å². The first-order valence-corrected chi connectivity index (χ1v) is 4.61. The van der Waals surface area contributed by atoms with E-state index in [9.17, 15) is 9.18 Å². The third-order valence-corrected chi connectivity index (χ3v) is 2.07. The third-order valence-electron chi connectivity index (χ3n) is 1.58. The second-order valence-corrected chi connectivity index (χ2v) is 3.48. The van der Waals surface area contributed by atoms with E-state index in [1.807, 2.05) is 5.92 Å². The van der Waals surface area contributed by atoms with Gasteiger partial charge in [-0.2, -0.15) is 0 Å². The Morgan fingerprint density at radius 1 is 1.64 bits per heavy atom. The Labute approximate surface area is 89.6 Å². The number of benzene rings is 1. The Hall–Kier alpha value is -1.34. The van der Waals surface area contributed by atoms with Crippen LogP contribution in [-0.2, 0) is 11.3 Å². The fourth-order valence-corrected chi connectivity index (χ4v) is 1.31. The van der Waals surface area contributed by atoms with Crippen molar-refractivity contribution in [1.29, 1.82) is 0 Å². The molecule has 14 heavy (non-hydrogen) atoms. The standard InChI is InChI=1S/C10H7BrFNO/c1-2-10(14)13-6-7-5-8(11)3-4-9(7)12/h1,3-5H,6H2,(H,13,14). The molecule has 0 heterocycles. The number of carbonyl (C=O) groups excluding carboxylic acids is 1. The van der Waals surface area contributed by atoms with E-state index >= 15 is 0 Å². The highest BCUT2D eigenvalue weighted by Crippen LogP contribution is 2.15. The molecule has 1 aromatic carbocycles. The number of hydrogen-bond acceptors (Lipinski definition) is 1. The van der Waals surface area contributed by atoms with Crippen LogP contribution in [0, 0.1) is 18.2 Å². The lowest BCUT2D eigenvalue weighted by molar-refractivity contribution is -0.115. The zero-order valence-corrected chi connectivity index (χ0v) is 8.77. The summed E-state index contributed by atoms with van der Waals surface area (Å²) in [5, 5.41) is 2.38. The van der Waals surface area contributed by atoms with Crippen LogP contribution in [0.15, 0.2) is 22.7 Å². The molecule has 1 aromatic rings. The molecule has 1 amide bonds. The molecule has 0 spiro atoms. The molecule has 1 N–H and O–H groups in total. The summed E-state index contributed by atoms with van der Waals surface area (Å²) in [5.41, 5.74) is 0.392. The smallest absolute Gasteiger partial charge is 0.295 e. The summed E-state index contributed by atoms with van der Waals surface area (Å²) >= 11 is 3.20. The molecule has 0 fully saturated rings. The van der Waals surface area contributed by atoms with Crippen LogP contribution in [-0.4, -0.2) is 5.91 Å². The maximum atomic E-state index is 13.1. The van der Waals surface area contributed by atoms with E-state index < -0.39 is 5.91 Å². The van der Waals surface area contributed by atoms with Gasteiger partial charge in [-0.3, -0.25) is 4.79 Å². The largest absolute Gasteiger partial charge is 0.341 e. The zero-order valence-electron chi connectivity index (χ0n) is 7.18. The Kier molecular flexibility index (Phi) is 3.66. The van der Waals surface area contributed by atoms with Crippen LogP contribution in [0.4, 0.5) is 4.39 Å². The molecule has 0 aliphatic carbocycles. The lowest BCUT2D eigenvalue weighted by atomic mass is 10.2. The molecule has 0 aromatic heterocycles. The molecule has 1 rings (SSSR count). The molecule has 2 nitrogen and oxygen atoms in total. The Morgan fingerprint density at radius 3 is 3.00 bits per heavy atom. The first-order chi connectivity index (χ1) is 6.63. The van der Waals surface area contributed by atoms with Crippen LogP contribution in [0.2, 0.25) is 0 Å². The van der Waals surface area contributed by atoms with E-state index in [2.05, 4.69) is 21.2 Å². The summed E-state index contributed by atoms with van der Waals surface area (Å²) in [6, 6.07) is 4.50. The van der Waals surface area contributed by atoms with Crippen LogP contribution in [0.5, 0.6) is 0 Å². The van der Waals surface area contributed by atoms with Crippen molar-refractivity contribution in [3.8, 4) is 12.3 Å². The van der Waals surface area contributed by atoms with Crippen LogP contribution in [0.25, 0.3) is 0 Å². The van der Waals surface area contributed by atoms with Gasteiger partial charge in [-0.05, 0) is 24.1 Å². The number of amides is 1. The summed E-state index contributed by atoms with van der Waals surface area (Å²) in [6.45, 7) is 0.0916. The van der Waals surface area contributed by atoms with Crippen molar-refractivity contribution >= 4 is 21.8 Å². The van der Waals surface area contributed by atoms with Crippen LogP contribution < -0.4 is 5.32 Å². The highest BCUT2D eigenvalue weighted by molar-refractivity contribution is 9.10. The van der Waals surface area contributed by atoms with Gasteiger partial charge in [-0.25, -0.2) is 4.39 Å². The van der Waals surface area contributed by atoms with Gasteiger partial charge < -0.3 is 5.32 Å². The average molecular weight is 256 g/mol. The van der Waals surface area contributed by atoms with Gasteiger partial charge >= 0.3 is 0 Å². The summed E-state index contributed by atoms with van der Waals surface area (Å²) in [5.74, 6) is 0.964. The maximum Gasteiger partial charge on any atom is 0.295 e. The van der Waals surface area contributed by atoms with Gasteiger partial charge in [0.25, 0.3) is 5.91 Å². The highest BCUT2D eigenvalue weighted by atomic mass is 79.9. The molecule has 0 saturated heterocycles. The summed E-state index contributed by atoms with van der Waals surface area (Å²) in [4.78, 5) is 10.7. The van der Waals surface area contributed by atoms with Crippen molar-refractivity contribution in [3.63, 3.8) is 0 Å². The van der Waals surface area contributed by atoms with Crippen LogP contribution in [0.3, 0.4) is 0 Å². The Morgan fingerprint density at radius 2 is 2.36 bits per heavy atom. The molecular weight excluding hydrogens is 249 g/mol. The van der Waals surface area contributed by atoms with Gasteiger partial charge in [0, 0.05) is 16.6 Å². The topological polar surface area (TPSA) is 29.1 Å². The summed E-state index contributed by atoms with van der Waals surface area (Å²) < 4.78 is 13.9. The van der Waals surface area contributed by atoms with Gasteiger partial charge in [0.15, 0.2) is 0 Å². The molecule has 0 unspecified atom stereocenters. The normalized spacial score (nSPS) is 9.21. The average Bonchev–Trinajstić information content (AvgIpc) is 2.19. The molecule has 4 heteroatoms. The zero-order chi connectivity index (χ0) is 10.6. The molecule has 72 valence electrons. The van der Waals surface area contributed by atoms with Gasteiger partial charge in [0.05, 0.1) is 0 Å². The van der Waals surface area contributed by atoms with E-state index in [1.165, 1.54) is 6.07 Å². The van der Waals surface area contributed by atoms with Gasteiger partial charge in [0.2, 0.25) is 0 Å². The lowest BCUT2D eigenvalue weighted by Gasteiger charge is -2.03. The predicted octanol–water partition coefficient (Wildman–Crippen LogP) is 1.84. The van der Waals surface area contributed by atoms with Gasteiger partial charge in [-0.15, -0.1) is 6.42 Å². The van der Waals surface area contributed by atoms with E-state index in [0.29, 0.717) is 5.56 Å². The molecule has 0 bridgehead atoms.